The van der Waals surface area contributed by atoms with E-state index in [2.05, 4.69) is 49.9 Å². The second-order valence-electron chi connectivity index (χ2n) is 9.87. The van der Waals surface area contributed by atoms with E-state index in [1.54, 1.807) is 0 Å². The fourth-order valence-corrected chi connectivity index (χ4v) is 6.49. The summed E-state index contributed by atoms with van der Waals surface area (Å²) in [4.78, 5) is 11.4. The summed E-state index contributed by atoms with van der Waals surface area (Å²) < 4.78 is 33.3. The van der Waals surface area contributed by atoms with Gasteiger partial charge in [-0.15, -0.1) is 0 Å². The molecule has 1 N–H and O–H groups in total. The minimum Gasteiger partial charge on any atom is -0.378 e. The van der Waals surface area contributed by atoms with Crippen molar-refractivity contribution in [3.05, 3.63) is 53.7 Å². The molecular formula is C26H34N4O3S. The van der Waals surface area contributed by atoms with E-state index in [0.29, 0.717) is 19.1 Å². The molecule has 2 aliphatic heterocycles. The van der Waals surface area contributed by atoms with E-state index >= 15 is 0 Å². The Balaban J connectivity index is 1.23. The lowest BCUT2D eigenvalue weighted by Gasteiger charge is -2.40. The van der Waals surface area contributed by atoms with Crippen molar-refractivity contribution in [2.45, 2.75) is 56.6 Å². The third kappa shape index (κ3) is 5.50. The minimum atomic E-state index is -3.29. The first-order chi connectivity index (χ1) is 16.5. The molecule has 1 aromatic carbocycles. The standard InChI is InChI=1S/C26H34N4O3S/c1-34(31,32)29-24-13-16-30(26-25-21(11-14-27-25)12-15-28-26)17-22(24)18-33-23-9-7-20(8-10-23)19-5-3-2-4-6-19/h2-6,12,14-15,20,22-24,29H,7-11,13,16-18H2,1H3/t20?,22-,23?,24-/m0/s1. The molecule has 5 rings (SSSR count). The van der Waals surface area contributed by atoms with Gasteiger partial charge < -0.3 is 9.64 Å². The van der Waals surface area contributed by atoms with Gasteiger partial charge in [-0.05, 0) is 55.2 Å². The van der Waals surface area contributed by atoms with Crippen LogP contribution in [0.5, 0.6) is 0 Å². The number of sulfonamides is 1. The summed E-state index contributed by atoms with van der Waals surface area (Å²) in [5.41, 5.74) is 3.58. The highest BCUT2D eigenvalue weighted by Gasteiger charge is 2.34. The number of rotatable bonds is 7. The summed E-state index contributed by atoms with van der Waals surface area (Å²) in [6.07, 6.45) is 11.2. The van der Waals surface area contributed by atoms with Crippen LogP contribution in [-0.4, -0.2) is 57.7 Å². The summed E-state index contributed by atoms with van der Waals surface area (Å²) in [6.45, 7) is 1.99. The van der Waals surface area contributed by atoms with Crippen molar-refractivity contribution < 1.29 is 13.2 Å². The molecule has 2 aromatic rings. The Bertz CT molecular complexity index is 1110. The number of benzene rings is 1. The molecule has 2 atom stereocenters. The summed E-state index contributed by atoms with van der Waals surface area (Å²) in [6, 6.07) is 12.6. The van der Waals surface area contributed by atoms with Crippen LogP contribution in [0.15, 0.2) is 47.6 Å². The van der Waals surface area contributed by atoms with Crippen molar-refractivity contribution in [3.63, 3.8) is 0 Å². The van der Waals surface area contributed by atoms with E-state index in [1.165, 1.54) is 17.4 Å². The molecule has 1 saturated carbocycles. The molecule has 7 nitrogen and oxygen atoms in total. The Morgan fingerprint density at radius 2 is 1.88 bits per heavy atom. The highest BCUT2D eigenvalue weighted by Crippen LogP contribution is 2.37. The third-order valence-corrected chi connectivity index (χ3v) is 8.14. The fourth-order valence-electron chi connectivity index (χ4n) is 5.62. The zero-order valence-electron chi connectivity index (χ0n) is 19.8. The predicted molar refractivity (Wildman–Crippen MR) is 136 cm³/mol. The van der Waals surface area contributed by atoms with E-state index < -0.39 is 10.0 Å². The lowest BCUT2D eigenvalue weighted by Crippen LogP contribution is -2.52. The number of fused-ring (bicyclic) bond motifs is 1. The van der Waals surface area contributed by atoms with Crippen LogP contribution in [0.2, 0.25) is 0 Å². The van der Waals surface area contributed by atoms with Crippen molar-refractivity contribution in [3.8, 4) is 0 Å². The first kappa shape index (κ1) is 23.5. The summed E-state index contributed by atoms with van der Waals surface area (Å²) >= 11 is 0. The first-order valence-corrected chi connectivity index (χ1v) is 14.2. The zero-order valence-corrected chi connectivity index (χ0v) is 20.6. The van der Waals surface area contributed by atoms with Gasteiger partial charge in [0, 0.05) is 43.9 Å². The number of ether oxygens (including phenoxy) is 1. The molecule has 0 unspecified atom stereocenters. The summed E-state index contributed by atoms with van der Waals surface area (Å²) in [7, 11) is -3.29. The maximum absolute atomic E-state index is 12.0. The van der Waals surface area contributed by atoms with Gasteiger partial charge in [-0.1, -0.05) is 30.3 Å². The van der Waals surface area contributed by atoms with Gasteiger partial charge in [0.15, 0.2) is 5.82 Å². The van der Waals surface area contributed by atoms with Crippen LogP contribution in [0.25, 0.3) is 0 Å². The van der Waals surface area contributed by atoms with E-state index in [-0.39, 0.29) is 18.1 Å². The molecule has 34 heavy (non-hydrogen) atoms. The number of nitrogens with one attached hydrogen (secondary N) is 1. The van der Waals surface area contributed by atoms with Crippen molar-refractivity contribution in [2.75, 3.05) is 30.9 Å². The average molecular weight is 483 g/mol. The topological polar surface area (TPSA) is 83.9 Å². The largest absolute Gasteiger partial charge is 0.378 e. The third-order valence-electron chi connectivity index (χ3n) is 7.41. The second kappa shape index (κ2) is 10.1. The minimum absolute atomic E-state index is 0.0540. The molecule has 1 saturated heterocycles. The van der Waals surface area contributed by atoms with Crippen molar-refractivity contribution >= 4 is 27.7 Å². The zero-order chi connectivity index (χ0) is 23.5. The van der Waals surface area contributed by atoms with E-state index in [4.69, 9.17) is 4.74 Å². The van der Waals surface area contributed by atoms with E-state index in [0.717, 1.165) is 56.6 Å². The van der Waals surface area contributed by atoms with Gasteiger partial charge in [0.2, 0.25) is 10.0 Å². The van der Waals surface area contributed by atoms with Crippen molar-refractivity contribution in [1.82, 2.24) is 9.71 Å². The maximum Gasteiger partial charge on any atom is 0.208 e. The number of aliphatic imine (C=N–C) groups is 1. The molecule has 1 aliphatic carbocycles. The van der Waals surface area contributed by atoms with Crippen LogP contribution in [0.4, 0.5) is 11.5 Å². The van der Waals surface area contributed by atoms with Crippen LogP contribution in [0.3, 0.4) is 0 Å². The van der Waals surface area contributed by atoms with Gasteiger partial charge in [0.25, 0.3) is 0 Å². The van der Waals surface area contributed by atoms with Gasteiger partial charge in [-0.2, -0.15) is 0 Å². The van der Waals surface area contributed by atoms with Gasteiger partial charge in [0.05, 0.1) is 19.0 Å². The van der Waals surface area contributed by atoms with Crippen LogP contribution in [0.1, 0.15) is 49.1 Å². The number of nitrogens with zero attached hydrogens (tertiary/aromatic N) is 3. The van der Waals surface area contributed by atoms with E-state index in [1.807, 2.05) is 18.5 Å². The van der Waals surface area contributed by atoms with Gasteiger partial charge in [-0.3, -0.25) is 4.99 Å². The number of hydrogen-bond donors (Lipinski definition) is 1. The molecule has 3 aliphatic rings. The second-order valence-corrected chi connectivity index (χ2v) is 11.6. The van der Waals surface area contributed by atoms with Gasteiger partial charge in [-0.25, -0.2) is 18.1 Å². The maximum atomic E-state index is 12.0. The smallest absolute Gasteiger partial charge is 0.208 e. The molecule has 3 heterocycles. The Hall–Kier alpha value is -2.29. The lowest BCUT2D eigenvalue weighted by molar-refractivity contribution is -0.00213. The van der Waals surface area contributed by atoms with Crippen molar-refractivity contribution in [1.29, 1.82) is 0 Å². The normalized spacial score (nSPS) is 27.0. The molecular weight excluding hydrogens is 448 g/mol. The first-order valence-electron chi connectivity index (χ1n) is 12.4. The molecule has 182 valence electrons. The molecule has 2 fully saturated rings. The molecule has 0 spiro atoms. The number of piperidine rings is 1. The van der Waals surface area contributed by atoms with Gasteiger partial charge >= 0.3 is 0 Å². The predicted octanol–water partition coefficient (Wildman–Crippen LogP) is 3.83. The monoisotopic (exact) mass is 482 g/mol. The van der Waals surface area contributed by atoms with E-state index in [9.17, 15) is 8.42 Å². The average Bonchev–Trinajstić information content (AvgIpc) is 3.33. The quantitative estimate of drug-likeness (QED) is 0.649. The molecule has 0 bridgehead atoms. The molecule has 0 radical (unpaired) electrons. The van der Waals surface area contributed by atoms with Crippen LogP contribution >= 0.6 is 0 Å². The lowest BCUT2D eigenvalue weighted by atomic mass is 9.82. The Labute approximate surface area is 202 Å². The van der Waals surface area contributed by atoms with Crippen LogP contribution in [0, 0.1) is 5.92 Å². The molecule has 8 heteroatoms. The Kier molecular flexibility index (Phi) is 6.99. The highest BCUT2D eigenvalue weighted by atomic mass is 32.2. The Morgan fingerprint density at radius 1 is 1.09 bits per heavy atom. The van der Waals surface area contributed by atoms with Crippen LogP contribution < -0.4 is 9.62 Å². The summed E-state index contributed by atoms with van der Waals surface area (Å²) in [5, 5.41) is 0. The SMILES string of the molecule is CS(=O)(=O)N[C@H]1CCN(c2nccc3c2N=CC3)C[C@H]1COC1CCC(c2ccccc2)CC1. The van der Waals surface area contributed by atoms with Crippen LogP contribution in [-0.2, 0) is 21.2 Å². The van der Waals surface area contributed by atoms with Crippen molar-refractivity contribution in [2.24, 2.45) is 10.9 Å². The fraction of sp³-hybridized carbons (Fsp3) is 0.538. The summed E-state index contributed by atoms with van der Waals surface area (Å²) in [5.74, 6) is 1.56. The Morgan fingerprint density at radius 3 is 2.65 bits per heavy atom. The number of anilines is 1. The highest BCUT2D eigenvalue weighted by molar-refractivity contribution is 7.88. The number of aromatic nitrogens is 1. The van der Waals surface area contributed by atoms with Gasteiger partial charge in [0.1, 0.15) is 5.69 Å². The number of pyridine rings is 1. The molecule has 0 amide bonds. The number of hydrogen-bond acceptors (Lipinski definition) is 6. The molecule has 1 aromatic heterocycles.